The fourth-order valence-corrected chi connectivity index (χ4v) is 3.44. The van der Waals surface area contributed by atoms with Crippen molar-refractivity contribution in [3.05, 3.63) is 92.8 Å². The van der Waals surface area contributed by atoms with Crippen LogP contribution in [0.2, 0.25) is 0 Å². The standard InChI is InChI=1S/C23H23N3O3/c1-16-20(17(2)25-23(28)21(16)13-24)10-11-22(27)26(15-19-9-6-12-29-19)14-18-7-4-3-5-8-18/h3-9,12H,10-11,14-15H2,1-2H3,(H,25,28). The van der Waals surface area contributed by atoms with Gasteiger partial charge in [0.25, 0.3) is 5.56 Å². The van der Waals surface area contributed by atoms with Crippen LogP contribution in [0.5, 0.6) is 0 Å². The molecule has 1 amide bonds. The number of pyridine rings is 1. The van der Waals surface area contributed by atoms with Crippen LogP contribution in [-0.4, -0.2) is 15.8 Å². The highest BCUT2D eigenvalue weighted by molar-refractivity contribution is 5.76. The molecular formula is C23H23N3O3. The number of furan rings is 1. The number of rotatable bonds is 7. The van der Waals surface area contributed by atoms with Crippen molar-refractivity contribution in [3.8, 4) is 6.07 Å². The van der Waals surface area contributed by atoms with Gasteiger partial charge in [-0.1, -0.05) is 30.3 Å². The van der Waals surface area contributed by atoms with E-state index in [0.29, 0.717) is 30.8 Å². The molecule has 0 saturated heterocycles. The van der Waals surface area contributed by atoms with Gasteiger partial charge in [0, 0.05) is 18.7 Å². The number of carbonyl (C=O) groups excluding carboxylic acids is 1. The van der Waals surface area contributed by atoms with Crippen molar-refractivity contribution >= 4 is 5.91 Å². The fraction of sp³-hybridized carbons (Fsp3) is 0.261. The second-order valence-corrected chi connectivity index (χ2v) is 6.98. The van der Waals surface area contributed by atoms with Gasteiger partial charge in [0.15, 0.2) is 0 Å². The van der Waals surface area contributed by atoms with E-state index in [1.165, 1.54) is 0 Å². The number of carbonyl (C=O) groups is 1. The number of aromatic nitrogens is 1. The van der Waals surface area contributed by atoms with Gasteiger partial charge in [-0.25, -0.2) is 0 Å². The highest BCUT2D eigenvalue weighted by atomic mass is 16.3. The van der Waals surface area contributed by atoms with Crippen LogP contribution in [0.25, 0.3) is 0 Å². The Hall–Kier alpha value is -3.59. The molecule has 0 atom stereocenters. The molecule has 6 heteroatoms. The summed E-state index contributed by atoms with van der Waals surface area (Å²) in [6, 6.07) is 15.4. The predicted molar refractivity (Wildman–Crippen MR) is 109 cm³/mol. The number of hydrogen-bond donors (Lipinski definition) is 1. The van der Waals surface area contributed by atoms with Gasteiger partial charge in [-0.05, 0) is 49.1 Å². The molecule has 0 spiro atoms. The Balaban J connectivity index is 1.78. The normalized spacial score (nSPS) is 10.5. The quantitative estimate of drug-likeness (QED) is 0.668. The summed E-state index contributed by atoms with van der Waals surface area (Å²) in [6.45, 7) is 4.41. The summed E-state index contributed by atoms with van der Waals surface area (Å²) in [5, 5.41) is 9.23. The number of nitrogens with zero attached hydrogens (tertiary/aromatic N) is 2. The Bertz CT molecular complexity index is 1080. The van der Waals surface area contributed by atoms with Crippen molar-refractivity contribution < 1.29 is 9.21 Å². The van der Waals surface area contributed by atoms with Crippen molar-refractivity contribution in [3.63, 3.8) is 0 Å². The molecule has 0 aliphatic rings. The van der Waals surface area contributed by atoms with Crippen molar-refractivity contribution in [2.45, 2.75) is 39.8 Å². The molecule has 148 valence electrons. The van der Waals surface area contributed by atoms with E-state index in [-0.39, 0.29) is 23.5 Å². The van der Waals surface area contributed by atoms with E-state index < -0.39 is 0 Å². The summed E-state index contributed by atoms with van der Waals surface area (Å²) in [5.41, 5.74) is 2.93. The number of H-pyrrole nitrogens is 1. The second kappa shape index (κ2) is 9.07. The van der Waals surface area contributed by atoms with Crippen molar-refractivity contribution in [1.82, 2.24) is 9.88 Å². The third-order valence-corrected chi connectivity index (χ3v) is 5.00. The Morgan fingerprint density at radius 1 is 1.14 bits per heavy atom. The van der Waals surface area contributed by atoms with E-state index in [2.05, 4.69) is 4.98 Å². The molecule has 3 rings (SSSR count). The number of aromatic amines is 1. The summed E-state index contributed by atoms with van der Waals surface area (Å²) in [7, 11) is 0. The zero-order valence-corrected chi connectivity index (χ0v) is 16.6. The van der Waals surface area contributed by atoms with E-state index in [1.807, 2.05) is 42.5 Å². The summed E-state index contributed by atoms with van der Waals surface area (Å²) >= 11 is 0. The van der Waals surface area contributed by atoms with Crippen LogP contribution in [0.4, 0.5) is 0 Å². The van der Waals surface area contributed by atoms with Crippen LogP contribution >= 0.6 is 0 Å². The SMILES string of the molecule is Cc1[nH]c(=O)c(C#N)c(C)c1CCC(=O)N(Cc1ccccc1)Cc1ccco1. The Labute approximate surface area is 169 Å². The number of amides is 1. The van der Waals surface area contributed by atoms with Gasteiger partial charge in [-0.2, -0.15) is 5.26 Å². The van der Waals surface area contributed by atoms with Crippen LogP contribution in [0.15, 0.2) is 57.9 Å². The van der Waals surface area contributed by atoms with Gasteiger partial charge >= 0.3 is 0 Å². The summed E-state index contributed by atoms with van der Waals surface area (Å²) in [6.07, 6.45) is 2.31. The summed E-state index contributed by atoms with van der Waals surface area (Å²) in [4.78, 5) is 29.4. The maximum Gasteiger partial charge on any atom is 0.266 e. The second-order valence-electron chi connectivity index (χ2n) is 6.98. The van der Waals surface area contributed by atoms with Gasteiger partial charge in [-0.15, -0.1) is 0 Å². The molecule has 6 nitrogen and oxygen atoms in total. The first kappa shape index (κ1) is 20.2. The van der Waals surface area contributed by atoms with Crippen LogP contribution in [0.3, 0.4) is 0 Å². The maximum absolute atomic E-state index is 13.0. The third kappa shape index (κ3) is 4.82. The molecule has 0 fully saturated rings. The van der Waals surface area contributed by atoms with E-state index in [0.717, 1.165) is 16.9 Å². The fourth-order valence-electron chi connectivity index (χ4n) is 3.44. The van der Waals surface area contributed by atoms with Crippen LogP contribution in [0, 0.1) is 25.2 Å². The maximum atomic E-state index is 13.0. The van der Waals surface area contributed by atoms with Crippen molar-refractivity contribution in [2.75, 3.05) is 0 Å². The first-order valence-corrected chi connectivity index (χ1v) is 9.46. The molecule has 0 aliphatic carbocycles. The lowest BCUT2D eigenvalue weighted by Crippen LogP contribution is -2.30. The van der Waals surface area contributed by atoms with Gasteiger partial charge in [0.1, 0.15) is 17.4 Å². The lowest BCUT2D eigenvalue weighted by Gasteiger charge is -2.22. The van der Waals surface area contributed by atoms with Crippen molar-refractivity contribution in [1.29, 1.82) is 5.26 Å². The minimum absolute atomic E-state index is 0.0197. The molecule has 0 saturated carbocycles. The number of benzene rings is 1. The number of aryl methyl sites for hydroxylation is 1. The number of nitriles is 1. The predicted octanol–water partition coefficient (Wildman–Crippen LogP) is 3.62. The van der Waals surface area contributed by atoms with Gasteiger partial charge in [0.2, 0.25) is 5.91 Å². The van der Waals surface area contributed by atoms with Crippen molar-refractivity contribution in [2.24, 2.45) is 0 Å². The Morgan fingerprint density at radius 3 is 2.55 bits per heavy atom. The molecule has 1 N–H and O–H groups in total. The topological polar surface area (TPSA) is 90.1 Å². The lowest BCUT2D eigenvalue weighted by atomic mass is 9.99. The highest BCUT2D eigenvalue weighted by Crippen LogP contribution is 2.17. The van der Waals surface area contributed by atoms with Crippen LogP contribution in [-0.2, 0) is 24.3 Å². The highest BCUT2D eigenvalue weighted by Gasteiger charge is 2.18. The van der Waals surface area contributed by atoms with Gasteiger partial charge in [-0.3, -0.25) is 9.59 Å². The largest absolute Gasteiger partial charge is 0.467 e. The Kier molecular flexibility index (Phi) is 6.30. The molecule has 0 radical (unpaired) electrons. The van der Waals surface area contributed by atoms with Crippen LogP contribution < -0.4 is 5.56 Å². The van der Waals surface area contributed by atoms with Crippen LogP contribution in [0.1, 0.15) is 40.1 Å². The molecular weight excluding hydrogens is 366 g/mol. The zero-order valence-electron chi connectivity index (χ0n) is 16.6. The Morgan fingerprint density at radius 2 is 1.90 bits per heavy atom. The lowest BCUT2D eigenvalue weighted by molar-refractivity contribution is -0.132. The molecule has 2 aromatic heterocycles. The molecule has 0 aliphatic heterocycles. The summed E-state index contributed by atoms with van der Waals surface area (Å²) < 4.78 is 5.43. The molecule has 0 unspecified atom stereocenters. The summed E-state index contributed by atoms with van der Waals surface area (Å²) in [5.74, 6) is 0.700. The number of hydrogen-bond acceptors (Lipinski definition) is 4. The zero-order chi connectivity index (χ0) is 20.8. The van der Waals surface area contributed by atoms with E-state index in [9.17, 15) is 14.9 Å². The van der Waals surface area contributed by atoms with Gasteiger partial charge in [0.05, 0.1) is 12.8 Å². The first-order chi connectivity index (χ1) is 14.0. The van der Waals surface area contributed by atoms with E-state index in [4.69, 9.17) is 4.42 Å². The monoisotopic (exact) mass is 389 g/mol. The average molecular weight is 389 g/mol. The van der Waals surface area contributed by atoms with E-state index >= 15 is 0 Å². The molecule has 29 heavy (non-hydrogen) atoms. The van der Waals surface area contributed by atoms with Gasteiger partial charge < -0.3 is 14.3 Å². The molecule has 1 aromatic carbocycles. The molecule has 0 bridgehead atoms. The third-order valence-electron chi connectivity index (χ3n) is 5.00. The minimum atomic E-state index is -0.388. The average Bonchev–Trinajstić information content (AvgIpc) is 3.21. The minimum Gasteiger partial charge on any atom is -0.467 e. The smallest absolute Gasteiger partial charge is 0.266 e. The molecule has 3 aromatic rings. The number of nitrogens with one attached hydrogen (secondary N) is 1. The molecule has 2 heterocycles. The first-order valence-electron chi connectivity index (χ1n) is 9.46. The van der Waals surface area contributed by atoms with E-state index in [1.54, 1.807) is 31.1 Å².